The molecule has 1 rings (SSSR count). The van der Waals surface area contributed by atoms with E-state index >= 15 is 0 Å². The van der Waals surface area contributed by atoms with Gasteiger partial charge in [0, 0.05) is 18.3 Å². The van der Waals surface area contributed by atoms with E-state index < -0.39 is 0 Å². The summed E-state index contributed by atoms with van der Waals surface area (Å²) in [7, 11) is 0. The van der Waals surface area contributed by atoms with Crippen LogP contribution >= 0.6 is 11.8 Å². The molecule has 1 atom stereocenters. The van der Waals surface area contributed by atoms with Crippen LogP contribution in [0.15, 0.2) is 24.3 Å². The van der Waals surface area contributed by atoms with Gasteiger partial charge in [0.2, 0.25) is 0 Å². The Hall–Kier alpha value is -0.740. The Balaban J connectivity index is 2.47. The number of nitrogens with two attached hydrogens (primary N) is 1. The van der Waals surface area contributed by atoms with Crippen molar-refractivity contribution in [1.82, 2.24) is 0 Å². The zero-order valence-corrected chi connectivity index (χ0v) is 9.69. The minimum absolute atomic E-state index is 0.214. The van der Waals surface area contributed by atoms with Gasteiger partial charge in [-0.05, 0) is 42.7 Å². The van der Waals surface area contributed by atoms with E-state index in [0.717, 1.165) is 17.9 Å². The molecular formula is C11H17FN2S. The lowest BCUT2D eigenvalue weighted by atomic mass is 10.2. The van der Waals surface area contributed by atoms with Crippen LogP contribution in [0.4, 0.5) is 10.1 Å². The molecule has 0 heterocycles. The van der Waals surface area contributed by atoms with E-state index in [1.165, 1.54) is 12.1 Å². The van der Waals surface area contributed by atoms with E-state index in [9.17, 15) is 4.39 Å². The van der Waals surface area contributed by atoms with Crippen LogP contribution in [0.1, 0.15) is 6.42 Å². The predicted octanol–water partition coefficient (Wildman–Crippen LogP) is 2.32. The summed E-state index contributed by atoms with van der Waals surface area (Å²) in [5, 5.41) is 3.29. The second kappa shape index (κ2) is 6.69. The lowest BCUT2D eigenvalue weighted by Crippen LogP contribution is -2.29. The molecule has 4 heteroatoms. The molecule has 0 spiro atoms. The van der Waals surface area contributed by atoms with E-state index in [0.29, 0.717) is 6.54 Å². The molecule has 2 nitrogen and oxygen atoms in total. The maximum absolute atomic E-state index is 12.7. The van der Waals surface area contributed by atoms with E-state index in [1.54, 1.807) is 23.9 Å². The first kappa shape index (κ1) is 12.3. The van der Waals surface area contributed by atoms with E-state index in [2.05, 4.69) is 11.6 Å². The molecule has 0 aliphatic heterocycles. The van der Waals surface area contributed by atoms with Gasteiger partial charge in [-0.1, -0.05) is 0 Å². The van der Waals surface area contributed by atoms with Crippen molar-refractivity contribution in [1.29, 1.82) is 0 Å². The van der Waals surface area contributed by atoms with Gasteiger partial charge in [-0.3, -0.25) is 0 Å². The fourth-order valence-electron chi connectivity index (χ4n) is 1.29. The van der Waals surface area contributed by atoms with E-state index in [4.69, 9.17) is 5.73 Å². The van der Waals surface area contributed by atoms with Gasteiger partial charge < -0.3 is 11.1 Å². The molecule has 84 valence electrons. The van der Waals surface area contributed by atoms with Gasteiger partial charge >= 0.3 is 0 Å². The van der Waals surface area contributed by atoms with Crippen LogP contribution < -0.4 is 11.1 Å². The maximum atomic E-state index is 12.7. The van der Waals surface area contributed by atoms with Crippen molar-refractivity contribution in [3.05, 3.63) is 30.1 Å². The first-order chi connectivity index (χ1) is 7.26. The Morgan fingerprint density at radius 3 is 2.60 bits per heavy atom. The van der Waals surface area contributed by atoms with Crippen molar-refractivity contribution in [2.24, 2.45) is 5.73 Å². The largest absolute Gasteiger partial charge is 0.381 e. The minimum atomic E-state index is -0.214. The highest BCUT2D eigenvalue weighted by atomic mass is 32.2. The van der Waals surface area contributed by atoms with Crippen LogP contribution in [0.5, 0.6) is 0 Å². The summed E-state index contributed by atoms with van der Waals surface area (Å²) in [5.74, 6) is 0.866. The molecule has 3 N–H and O–H groups in total. The third-order valence-electron chi connectivity index (χ3n) is 2.17. The molecule has 0 saturated carbocycles. The molecule has 0 aliphatic rings. The summed E-state index contributed by atoms with van der Waals surface area (Å²) in [6.45, 7) is 0.595. The molecule has 0 aliphatic carbocycles. The average Bonchev–Trinajstić information content (AvgIpc) is 2.27. The number of thioether (sulfide) groups is 1. The number of nitrogens with one attached hydrogen (secondary N) is 1. The molecule has 0 radical (unpaired) electrons. The highest BCUT2D eigenvalue weighted by Crippen LogP contribution is 2.11. The van der Waals surface area contributed by atoms with Crippen LogP contribution in [-0.4, -0.2) is 24.6 Å². The predicted molar refractivity (Wildman–Crippen MR) is 65.9 cm³/mol. The summed E-state index contributed by atoms with van der Waals surface area (Å²) < 4.78 is 12.7. The van der Waals surface area contributed by atoms with Gasteiger partial charge in [0.15, 0.2) is 0 Å². The topological polar surface area (TPSA) is 38.0 Å². The fraction of sp³-hybridized carbons (Fsp3) is 0.455. The van der Waals surface area contributed by atoms with Crippen LogP contribution in [0.2, 0.25) is 0 Å². The molecule has 0 fully saturated rings. The van der Waals surface area contributed by atoms with Gasteiger partial charge in [-0.15, -0.1) is 0 Å². The lowest BCUT2D eigenvalue weighted by molar-refractivity contribution is 0.627. The second-order valence-corrected chi connectivity index (χ2v) is 4.35. The van der Waals surface area contributed by atoms with Crippen LogP contribution in [0.25, 0.3) is 0 Å². The first-order valence-corrected chi connectivity index (χ1v) is 6.36. The molecule has 15 heavy (non-hydrogen) atoms. The van der Waals surface area contributed by atoms with Crippen molar-refractivity contribution < 1.29 is 4.39 Å². The third-order valence-corrected chi connectivity index (χ3v) is 2.81. The molecule has 0 bridgehead atoms. The number of benzene rings is 1. The number of rotatable bonds is 6. The van der Waals surface area contributed by atoms with Crippen molar-refractivity contribution in [2.45, 2.75) is 12.5 Å². The van der Waals surface area contributed by atoms with Crippen molar-refractivity contribution in [3.8, 4) is 0 Å². The monoisotopic (exact) mass is 228 g/mol. The van der Waals surface area contributed by atoms with Crippen molar-refractivity contribution in [3.63, 3.8) is 0 Å². The quantitative estimate of drug-likeness (QED) is 0.784. The Kier molecular flexibility index (Phi) is 5.50. The van der Waals surface area contributed by atoms with Crippen molar-refractivity contribution >= 4 is 17.4 Å². The van der Waals surface area contributed by atoms with Crippen LogP contribution in [0.3, 0.4) is 0 Å². The smallest absolute Gasteiger partial charge is 0.123 e. The molecule has 1 aromatic rings. The number of anilines is 1. The maximum Gasteiger partial charge on any atom is 0.123 e. The van der Waals surface area contributed by atoms with E-state index in [-0.39, 0.29) is 11.9 Å². The van der Waals surface area contributed by atoms with Gasteiger partial charge in [0.25, 0.3) is 0 Å². The van der Waals surface area contributed by atoms with Gasteiger partial charge in [0.1, 0.15) is 5.82 Å². The summed E-state index contributed by atoms with van der Waals surface area (Å²) in [6.07, 6.45) is 3.10. The minimum Gasteiger partial charge on any atom is -0.381 e. The SMILES string of the molecule is CSCCC(CN)Nc1ccc(F)cc1. The Morgan fingerprint density at radius 2 is 2.07 bits per heavy atom. The molecule has 1 aromatic carbocycles. The molecular weight excluding hydrogens is 211 g/mol. The van der Waals surface area contributed by atoms with Gasteiger partial charge in [-0.2, -0.15) is 11.8 Å². The highest BCUT2D eigenvalue weighted by Gasteiger charge is 2.05. The Labute approximate surface area is 94.4 Å². The summed E-state index contributed by atoms with van der Waals surface area (Å²) in [5.41, 5.74) is 6.57. The number of hydrogen-bond donors (Lipinski definition) is 2. The summed E-state index contributed by atoms with van der Waals surface area (Å²) in [4.78, 5) is 0. The Morgan fingerprint density at radius 1 is 1.40 bits per heavy atom. The highest BCUT2D eigenvalue weighted by molar-refractivity contribution is 7.98. The lowest BCUT2D eigenvalue weighted by Gasteiger charge is -2.17. The standard InChI is InChI=1S/C11H17FN2S/c1-15-7-6-11(8-13)14-10-4-2-9(12)3-5-10/h2-5,11,14H,6-8,13H2,1H3. The average molecular weight is 228 g/mol. The zero-order chi connectivity index (χ0) is 11.1. The summed E-state index contributed by atoms with van der Waals surface area (Å²) >= 11 is 1.80. The molecule has 0 amide bonds. The first-order valence-electron chi connectivity index (χ1n) is 4.97. The summed E-state index contributed by atoms with van der Waals surface area (Å²) in [6, 6.07) is 6.63. The molecule has 1 unspecified atom stereocenters. The number of hydrogen-bond acceptors (Lipinski definition) is 3. The Bertz CT molecular complexity index is 276. The fourth-order valence-corrected chi connectivity index (χ4v) is 1.81. The van der Waals surface area contributed by atoms with Gasteiger partial charge in [0.05, 0.1) is 0 Å². The molecule has 0 saturated heterocycles. The molecule has 0 aromatic heterocycles. The van der Waals surface area contributed by atoms with Crippen molar-refractivity contribution in [2.75, 3.05) is 23.9 Å². The van der Waals surface area contributed by atoms with E-state index in [1.807, 2.05) is 0 Å². The normalized spacial score (nSPS) is 12.5. The van der Waals surface area contributed by atoms with Crippen LogP contribution in [0, 0.1) is 5.82 Å². The zero-order valence-electron chi connectivity index (χ0n) is 8.87. The van der Waals surface area contributed by atoms with Gasteiger partial charge in [-0.25, -0.2) is 4.39 Å². The third kappa shape index (κ3) is 4.53. The van der Waals surface area contributed by atoms with Crippen LogP contribution in [-0.2, 0) is 0 Å². The second-order valence-electron chi connectivity index (χ2n) is 3.37. The number of halogens is 1.